The van der Waals surface area contributed by atoms with Crippen molar-refractivity contribution in [2.45, 2.75) is 13.8 Å². The summed E-state index contributed by atoms with van der Waals surface area (Å²) in [5.74, 6) is -0.288. The van der Waals surface area contributed by atoms with Gasteiger partial charge < -0.3 is 5.73 Å². The number of nitrogens with two attached hydrogens (primary N) is 1. The van der Waals surface area contributed by atoms with Gasteiger partial charge in [-0.05, 0) is 19.9 Å². The fraction of sp³-hybridized carbons (Fsp3) is 0.500. The molecule has 3 heteroatoms. The van der Waals surface area contributed by atoms with Crippen LogP contribution in [0.4, 0.5) is 0 Å². The van der Waals surface area contributed by atoms with Gasteiger partial charge in [-0.15, -0.1) is 0 Å². The standard InChI is InChI=1S/C8H12N2O/c1-5-3-6(2)10-8(11)7(5)4-9/h3,7H,4,9H2,1-2H3/t7-/m0/s1. The van der Waals surface area contributed by atoms with Crippen LogP contribution in [-0.4, -0.2) is 18.2 Å². The highest BCUT2D eigenvalue weighted by Gasteiger charge is 2.21. The Morgan fingerprint density at radius 3 is 2.73 bits per heavy atom. The number of allylic oxidation sites excluding steroid dienone is 1. The number of carbonyl (C=O) groups excluding carboxylic acids is 1. The molecule has 60 valence electrons. The fourth-order valence-corrected chi connectivity index (χ4v) is 1.20. The Labute approximate surface area is 66.0 Å². The van der Waals surface area contributed by atoms with E-state index in [2.05, 4.69) is 4.99 Å². The molecule has 0 saturated carbocycles. The molecule has 3 nitrogen and oxygen atoms in total. The average molecular weight is 152 g/mol. The zero-order chi connectivity index (χ0) is 8.43. The number of rotatable bonds is 1. The van der Waals surface area contributed by atoms with Gasteiger partial charge in [-0.25, -0.2) is 4.99 Å². The van der Waals surface area contributed by atoms with Gasteiger partial charge in [-0.2, -0.15) is 0 Å². The smallest absolute Gasteiger partial charge is 0.254 e. The van der Waals surface area contributed by atoms with E-state index in [9.17, 15) is 4.79 Å². The highest BCUT2D eigenvalue weighted by atomic mass is 16.1. The normalized spacial score (nSPS) is 24.6. The molecule has 0 aromatic carbocycles. The Morgan fingerprint density at radius 2 is 2.27 bits per heavy atom. The molecule has 11 heavy (non-hydrogen) atoms. The van der Waals surface area contributed by atoms with Crippen molar-refractivity contribution < 1.29 is 4.79 Å². The van der Waals surface area contributed by atoms with E-state index in [0.717, 1.165) is 11.3 Å². The van der Waals surface area contributed by atoms with Crippen LogP contribution in [0.15, 0.2) is 16.6 Å². The van der Waals surface area contributed by atoms with E-state index < -0.39 is 0 Å². The van der Waals surface area contributed by atoms with Gasteiger partial charge in [-0.3, -0.25) is 4.79 Å². The average Bonchev–Trinajstić information content (AvgIpc) is 1.85. The summed E-state index contributed by atoms with van der Waals surface area (Å²) >= 11 is 0. The molecule has 0 aliphatic carbocycles. The number of amides is 1. The Balaban J connectivity index is 2.91. The molecule has 1 aliphatic rings. The lowest BCUT2D eigenvalue weighted by Gasteiger charge is -2.15. The first-order valence-corrected chi connectivity index (χ1v) is 3.62. The molecule has 0 saturated heterocycles. The molecule has 1 atom stereocenters. The number of dihydropyridines is 1. The maximum absolute atomic E-state index is 11.1. The molecule has 0 spiro atoms. The lowest BCUT2D eigenvalue weighted by Crippen LogP contribution is -2.26. The Hall–Kier alpha value is -0.960. The zero-order valence-corrected chi connectivity index (χ0v) is 6.79. The molecule has 0 unspecified atom stereocenters. The minimum atomic E-state index is -0.182. The van der Waals surface area contributed by atoms with Crippen molar-refractivity contribution in [1.29, 1.82) is 0 Å². The maximum Gasteiger partial charge on any atom is 0.254 e. The Bertz CT molecular complexity index is 240. The van der Waals surface area contributed by atoms with E-state index in [4.69, 9.17) is 5.73 Å². The van der Waals surface area contributed by atoms with Gasteiger partial charge >= 0.3 is 0 Å². The molecule has 1 heterocycles. The molecule has 0 fully saturated rings. The van der Waals surface area contributed by atoms with E-state index in [1.165, 1.54) is 0 Å². The van der Waals surface area contributed by atoms with Crippen LogP contribution < -0.4 is 5.73 Å². The molecule has 0 aromatic heterocycles. The molecule has 0 radical (unpaired) electrons. The summed E-state index contributed by atoms with van der Waals surface area (Å²) in [4.78, 5) is 14.9. The lowest BCUT2D eigenvalue weighted by molar-refractivity contribution is -0.120. The summed E-state index contributed by atoms with van der Waals surface area (Å²) in [7, 11) is 0. The molecule has 0 bridgehead atoms. The lowest BCUT2D eigenvalue weighted by atomic mass is 9.96. The molecule has 2 N–H and O–H groups in total. The molecular formula is C8H12N2O. The topological polar surface area (TPSA) is 55.5 Å². The number of nitrogens with zero attached hydrogens (tertiary/aromatic N) is 1. The largest absolute Gasteiger partial charge is 0.329 e. The number of hydrogen-bond acceptors (Lipinski definition) is 2. The van der Waals surface area contributed by atoms with Crippen LogP contribution in [0.5, 0.6) is 0 Å². The maximum atomic E-state index is 11.1. The van der Waals surface area contributed by atoms with Gasteiger partial charge in [-0.1, -0.05) is 5.57 Å². The van der Waals surface area contributed by atoms with Crippen LogP contribution in [0.2, 0.25) is 0 Å². The summed E-state index contributed by atoms with van der Waals surface area (Å²) in [6.45, 7) is 4.08. The third kappa shape index (κ3) is 1.54. The molecular weight excluding hydrogens is 140 g/mol. The number of hydrogen-bond donors (Lipinski definition) is 1. The van der Waals surface area contributed by atoms with Gasteiger partial charge in [0.2, 0.25) is 0 Å². The van der Waals surface area contributed by atoms with E-state index >= 15 is 0 Å². The van der Waals surface area contributed by atoms with Crippen LogP contribution in [0.25, 0.3) is 0 Å². The third-order valence-electron chi connectivity index (χ3n) is 1.81. The summed E-state index contributed by atoms with van der Waals surface area (Å²) < 4.78 is 0. The number of carbonyl (C=O) groups is 1. The molecule has 1 aliphatic heterocycles. The first-order valence-electron chi connectivity index (χ1n) is 3.62. The van der Waals surface area contributed by atoms with Gasteiger partial charge in [0.1, 0.15) is 0 Å². The van der Waals surface area contributed by atoms with Crippen molar-refractivity contribution in [3.63, 3.8) is 0 Å². The van der Waals surface area contributed by atoms with Crippen molar-refractivity contribution in [3.8, 4) is 0 Å². The molecule has 0 aromatic rings. The Morgan fingerprint density at radius 1 is 1.64 bits per heavy atom. The van der Waals surface area contributed by atoms with Crippen molar-refractivity contribution in [2.24, 2.45) is 16.6 Å². The van der Waals surface area contributed by atoms with Gasteiger partial charge in [0.05, 0.1) is 5.92 Å². The molecule has 1 amide bonds. The van der Waals surface area contributed by atoms with Crippen LogP contribution >= 0.6 is 0 Å². The second-order valence-corrected chi connectivity index (χ2v) is 2.77. The summed E-state index contributed by atoms with van der Waals surface area (Å²) in [5, 5.41) is 0. The van der Waals surface area contributed by atoms with Crippen molar-refractivity contribution in [1.82, 2.24) is 0 Å². The molecule has 1 rings (SSSR count). The predicted molar refractivity (Wildman–Crippen MR) is 44.4 cm³/mol. The quantitative estimate of drug-likeness (QED) is 0.595. The van der Waals surface area contributed by atoms with E-state index in [1.807, 2.05) is 19.9 Å². The fourth-order valence-electron chi connectivity index (χ4n) is 1.20. The van der Waals surface area contributed by atoms with Crippen LogP contribution in [-0.2, 0) is 4.79 Å². The van der Waals surface area contributed by atoms with Crippen molar-refractivity contribution in [2.75, 3.05) is 6.54 Å². The monoisotopic (exact) mass is 152 g/mol. The highest BCUT2D eigenvalue weighted by Crippen LogP contribution is 2.15. The van der Waals surface area contributed by atoms with Gasteiger partial charge in [0.15, 0.2) is 0 Å². The first-order chi connectivity index (χ1) is 5.15. The minimum absolute atomic E-state index is 0.106. The van der Waals surface area contributed by atoms with Crippen LogP contribution in [0.3, 0.4) is 0 Å². The van der Waals surface area contributed by atoms with E-state index in [1.54, 1.807) is 0 Å². The summed E-state index contributed by atoms with van der Waals surface area (Å²) in [5.41, 5.74) is 7.19. The van der Waals surface area contributed by atoms with Crippen LogP contribution in [0, 0.1) is 5.92 Å². The van der Waals surface area contributed by atoms with Crippen molar-refractivity contribution >= 4 is 11.6 Å². The highest BCUT2D eigenvalue weighted by molar-refractivity contribution is 6.05. The van der Waals surface area contributed by atoms with Gasteiger partial charge in [0.25, 0.3) is 5.91 Å². The van der Waals surface area contributed by atoms with Crippen molar-refractivity contribution in [3.05, 3.63) is 11.6 Å². The van der Waals surface area contributed by atoms with Crippen LogP contribution in [0.1, 0.15) is 13.8 Å². The summed E-state index contributed by atoms with van der Waals surface area (Å²) in [6.07, 6.45) is 1.90. The first kappa shape index (κ1) is 8.14. The Kier molecular flexibility index (Phi) is 2.19. The second-order valence-electron chi connectivity index (χ2n) is 2.77. The van der Waals surface area contributed by atoms with Gasteiger partial charge in [0, 0.05) is 12.3 Å². The van der Waals surface area contributed by atoms with E-state index in [0.29, 0.717) is 6.54 Å². The number of aliphatic imine (C=N–C) groups is 1. The minimum Gasteiger partial charge on any atom is -0.329 e. The SMILES string of the molecule is CC1=CC(C)=NC(=O)[C@H]1CN. The predicted octanol–water partition coefficient (Wildman–Crippen LogP) is 0.509. The zero-order valence-electron chi connectivity index (χ0n) is 6.79. The second kappa shape index (κ2) is 2.96. The van der Waals surface area contributed by atoms with E-state index in [-0.39, 0.29) is 11.8 Å². The third-order valence-corrected chi connectivity index (χ3v) is 1.81. The summed E-state index contributed by atoms with van der Waals surface area (Å²) in [6, 6.07) is 0.